The van der Waals surface area contributed by atoms with Gasteiger partial charge in [0.25, 0.3) is 0 Å². The molecule has 0 aromatic heterocycles. The molecule has 0 aliphatic carbocycles. The van der Waals surface area contributed by atoms with Crippen LogP contribution < -0.4 is 10.5 Å². The number of sulfonamides is 1. The van der Waals surface area contributed by atoms with Crippen LogP contribution in [0.1, 0.15) is 12.8 Å². The van der Waals surface area contributed by atoms with Gasteiger partial charge < -0.3 is 10.5 Å². The van der Waals surface area contributed by atoms with E-state index in [0.717, 1.165) is 12.8 Å². The zero-order valence-corrected chi connectivity index (χ0v) is 13.5. The Morgan fingerprint density at radius 2 is 2.20 bits per heavy atom. The molecule has 2 N–H and O–H groups in total. The molecule has 2 rings (SSSR count). The molecule has 1 unspecified atom stereocenters. The summed E-state index contributed by atoms with van der Waals surface area (Å²) in [7, 11) is -2.18. The topological polar surface area (TPSA) is 72.6 Å². The molecule has 0 saturated carbocycles. The van der Waals surface area contributed by atoms with Crippen molar-refractivity contribution in [3.05, 3.63) is 23.2 Å². The number of ether oxygens (including phenoxy) is 1. The highest BCUT2D eigenvalue weighted by Gasteiger charge is 2.36. The number of benzene rings is 1. The van der Waals surface area contributed by atoms with E-state index in [1.807, 2.05) is 0 Å². The summed E-state index contributed by atoms with van der Waals surface area (Å²) in [5.41, 5.74) is 5.64. The number of hydrogen-bond acceptors (Lipinski definition) is 4. The number of rotatable bonds is 4. The van der Waals surface area contributed by atoms with Crippen molar-refractivity contribution >= 4 is 34.0 Å². The smallest absolute Gasteiger partial charge is 0.247 e. The minimum atomic E-state index is -3.62. The minimum Gasteiger partial charge on any atom is -0.495 e. The van der Waals surface area contributed by atoms with Crippen molar-refractivity contribution in [3.8, 4) is 5.75 Å². The first-order valence-electron chi connectivity index (χ1n) is 6.06. The average Bonchev–Trinajstić information content (AvgIpc) is 2.87. The molecule has 5 nitrogen and oxygen atoms in total. The van der Waals surface area contributed by atoms with E-state index in [-0.39, 0.29) is 23.3 Å². The van der Waals surface area contributed by atoms with Crippen LogP contribution in [-0.2, 0) is 10.0 Å². The van der Waals surface area contributed by atoms with Gasteiger partial charge in [0.2, 0.25) is 10.0 Å². The zero-order valence-electron chi connectivity index (χ0n) is 11.1. The van der Waals surface area contributed by atoms with E-state index in [9.17, 15) is 8.42 Å². The number of hydrogen-bond donors (Lipinski definition) is 1. The molecule has 0 spiro atoms. The molecule has 8 heteroatoms. The molecule has 1 fully saturated rings. The molecular formula is C12H18Cl2N2O3S. The Balaban J connectivity index is 0.00000200. The fourth-order valence-electron chi connectivity index (χ4n) is 2.34. The molecule has 1 heterocycles. The third-order valence-electron chi connectivity index (χ3n) is 3.31. The Kier molecular flexibility index (Phi) is 6.09. The summed E-state index contributed by atoms with van der Waals surface area (Å²) in [6.45, 7) is 0.808. The Morgan fingerprint density at radius 3 is 2.80 bits per heavy atom. The maximum Gasteiger partial charge on any atom is 0.247 e. The Morgan fingerprint density at radius 1 is 1.50 bits per heavy atom. The Bertz CT molecular complexity index is 566. The second-order valence-corrected chi connectivity index (χ2v) is 6.74. The summed E-state index contributed by atoms with van der Waals surface area (Å²) in [6, 6.07) is 4.43. The van der Waals surface area contributed by atoms with Gasteiger partial charge in [-0.2, -0.15) is 4.31 Å². The molecule has 1 aromatic rings. The fourth-order valence-corrected chi connectivity index (χ4v) is 4.46. The summed E-state index contributed by atoms with van der Waals surface area (Å²) in [4.78, 5) is 0.0999. The quantitative estimate of drug-likeness (QED) is 0.908. The lowest BCUT2D eigenvalue weighted by Gasteiger charge is -2.23. The van der Waals surface area contributed by atoms with Crippen LogP contribution in [0.15, 0.2) is 23.1 Å². The van der Waals surface area contributed by atoms with E-state index in [4.69, 9.17) is 22.1 Å². The largest absolute Gasteiger partial charge is 0.495 e. The van der Waals surface area contributed by atoms with Gasteiger partial charge in [-0.15, -0.1) is 12.4 Å². The Labute approximate surface area is 130 Å². The predicted molar refractivity (Wildman–Crippen MR) is 81.2 cm³/mol. The zero-order chi connectivity index (χ0) is 14.0. The number of halogens is 2. The minimum absolute atomic E-state index is 0. The van der Waals surface area contributed by atoms with Gasteiger partial charge in [-0.05, 0) is 31.0 Å². The van der Waals surface area contributed by atoms with Crippen molar-refractivity contribution < 1.29 is 13.2 Å². The van der Waals surface area contributed by atoms with E-state index in [1.54, 1.807) is 12.1 Å². The molecule has 0 radical (unpaired) electrons. The molecule has 1 aliphatic heterocycles. The van der Waals surface area contributed by atoms with Crippen LogP contribution in [-0.4, -0.2) is 39.0 Å². The van der Waals surface area contributed by atoms with E-state index in [1.165, 1.54) is 17.5 Å². The van der Waals surface area contributed by atoms with Crippen molar-refractivity contribution in [2.75, 3.05) is 20.2 Å². The summed E-state index contributed by atoms with van der Waals surface area (Å²) in [6.07, 6.45) is 1.61. The summed E-state index contributed by atoms with van der Waals surface area (Å²) in [5.74, 6) is 0.298. The van der Waals surface area contributed by atoms with E-state index < -0.39 is 10.0 Å². The lowest BCUT2D eigenvalue weighted by atomic mass is 10.2. The van der Waals surface area contributed by atoms with Gasteiger partial charge in [0.15, 0.2) is 0 Å². The first kappa shape index (κ1) is 17.5. The highest BCUT2D eigenvalue weighted by Crippen LogP contribution is 2.32. The SMILES string of the molecule is COc1ccc(Cl)cc1S(=O)(=O)N1CCCC1CN.Cl. The number of nitrogens with zero attached hydrogens (tertiary/aromatic N) is 1. The van der Waals surface area contributed by atoms with E-state index in [2.05, 4.69) is 0 Å². The van der Waals surface area contributed by atoms with Crippen LogP contribution in [0.5, 0.6) is 5.75 Å². The fraction of sp³-hybridized carbons (Fsp3) is 0.500. The molecule has 1 atom stereocenters. The maximum absolute atomic E-state index is 12.7. The Hall–Kier alpha value is -0.530. The van der Waals surface area contributed by atoms with Crippen molar-refractivity contribution in [2.45, 2.75) is 23.8 Å². The van der Waals surface area contributed by atoms with Crippen LogP contribution in [0, 0.1) is 0 Å². The normalized spacial score (nSPS) is 19.6. The number of nitrogens with two attached hydrogens (primary N) is 1. The molecule has 114 valence electrons. The molecule has 0 bridgehead atoms. The van der Waals surface area contributed by atoms with Gasteiger partial charge >= 0.3 is 0 Å². The van der Waals surface area contributed by atoms with Crippen molar-refractivity contribution in [1.82, 2.24) is 4.31 Å². The highest BCUT2D eigenvalue weighted by molar-refractivity contribution is 7.89. The monoisotopic (exact) mass is 340 g/mol. The maximum atomic E-state index is 12.7. The average molecular weight is 341 g/mol. The van der Waals surface area contributed by atoms with Gasteiger partial charge in [0.05, 0.1) is 7.11 Å². The summed E-state index contributed by atoms with van der Waals surface area (Å²) < 4.78 is 31.9. The van der Waals surface area contributed by atoms with Gasteiger partial charge in [-0.1, -0.05) is 11.6 Å². The van der Waals surface area contributed by atoms with Crippen LogP contribution in [0.4, 0.5) is 0 Å². The first-order valence-corrected chi connectivity index (χ1v) is 7.88. The van der Waals surface area contributed by atoms with Crippen molar-refractivity contribution in [2.24, 2.45) is 5.73 Å². The molecular weight excluding hydrogens is 323 g/mol. The van der Waals surface area contributed by atoms with Crippen LogP contribution in [0.3, 0.4) is 0 Å². The lowest BCUT2D eigenvalue weighted by Crippen LogP contribution is -2.39. The first-order chi connectivity index (χ1) is 9.00. The third-order valence-corrected chi connectivity index (χ3v) is 5.52. The van der Waals surface area contributed by atoms with Gasteiger partial charge in [-0.25, -0.2) is 8.42 Å². The molecule has 20 heavy (non-hydrogen) atoms. The second-order valence-electron chi connectivity index (χ2n) is 4.44. The molecule has 1 aromatic carbocycles. The van der Waals surface area contributed by atoms with Crippen LogP contribution >= 0.6 is 24.0 Å². The van der Waals surface area contributed by atoms with Crippen molar-refractivity contribution in [3.63, 3.8) is 0 Å². The lowest BCUT2D eigenvalue weighted by molar-refractivity contribution is 0.379. The van der Waals surface area contributed by atoms with E-state index >= 15 is 0 Å². The number of methoxy groups -OCH3 is 1. The standard InChI is InChI=1S/C12H17ClN2O3S.ClH/c1-18-11-5-4-9(13)7-12(11)19(16,17)15-6-2-3-10(15)8-14;/h4-5,7,10H,2-3,6,8,14H2,1H3;1H. The third kappa shape index (κ3) is 3.20. The predicted octanol–water partition coefficient (Wildman–Crippen LogP) is 1.88. The molecule has 1 saturated heterocycles. The van der Waals surface area contributed by atoms with Crippen LogP contribution in [0.2, 0.25) is 5.02 Å². The highest BCUT2D eigenvalue weighted by atomic mass is 35.5. The van der Waals surface area contributed by atoms with Gasteiger partial charge in [0, 0.05) is 24.2 Å². The van der Waals surface area contributed by atoms with Crippen LogP contribution in [0.25, 0.3) is 0 Å². The molecule has 0 amide bonds. The molecule has 1 aliphatic rings. The second kappa shape index (κ2) is 6.95. The summed E-state index contributed by atoms with van der Waals surface area (Å²) in [5, 5.41) is 0.364. The van der Waals surface area contributed by atoms with Gasteiger partial charge in [-0.3, -0.25) is 0 Å². The van der Waals surface area contributed by atoms with Gasteiger partial charge in [0.1, 0.15) is 10.6 Å². The summed E-state index contributed by atoms with van der Waals surface area (Å²) >= 11 is 5.89. The van der Waals surface area contributed by atoms with E-state index in [0.29, 0.717) is 23.9 Å². The van der Waals surface area contributed by atoms with Crippen molar-refractivity contribution in [1.29, 1.82) is 0 Å².